The highest BCUT2D eigenvalue weighted by Crippen LogP contribution is 2.37. The van der Waals surface area contributed by atoms with E-state index in [1.54, 1.807) is 0 Å². The number of allylic oxidation sites excluding steroid dienone is 5. The fourth-order valence-electron chi connectivity index (χ4n) is 7.94. The molecule has 0 radical (unpaired) electrons. The summed E-state index contributed by atoms with van der Waals surface area (Å²) < 4.78 is 63.5. The number of aromatic amines is 1. The first-order chi connectivity index (χ1) is 29.5. The molecule has 0 fully saturated rings. The number of aryl methyl sites for hydroxylation is 5. The molecule has 0 aliphatic carbocycles. The summed E-state index contributed by atoms with van der Waals surface area (Å²) in [6.07, 6.45) is 11.2. The molecule has 5 heterocycles. The van der Waals surface area contributed by atoms with Crippen LogP contribution in [-0.4, -0.2) is 51.1 Å². The van der Waals surface area contributed by atoms with Crippen LogP contribution >= 0.6 is 0 Å². The van der Waals surface area contributed by atoms with Crippen LogP contribution in [0.5, 0.6) is 0 Å². The lowest BCUT2D eigenvalue weighted by Crippen LogP contribution is -2.23. The number of halogens is 3. The molecule has 4 aromatic carbocycles. The van der Waals surface area contributed by atoms with Gasteiger partial charge in [0.25, 0.3) is 0 Å². The maximum atomic E-state index is 10.7. The SMILES string of the molecule is Cc1ccc(C2=C3C=CC(=[N+]3C)C(c3ccc(C)cc3)=c3ccc([nH]3)=C(c3ccc(C)cc3)c3cc(n(C)c3)C(c3ccc(C)cc3)=C3C=CC2=N3)cc1.O=S(=O)([O-])C(F)(F)F. The number of likely N-dealkylation sites (N-methyl/N-ethyl adjacent to an activating group) is 1. The van der Waals surface area contributed by atoms with Crippen LogP contribution in [0, 0.1) is 27.7 Å². The van der Waals surface area contributed by atoms with Crippen molar-refractivity contribution in [3.63, 3.8) is 0 Å². The number of alkyl halides is 3. The molecule has 0 amide bonds. The van der Waals surface area contributed by atoms with Gasteiger partial charge >= 0.3 is 5.51 Å². The van der Waals surface area contributed by atoms with Gasteiger partial charge in [0.05, 0.1) is 33.6 Å². The van der Waals surface area contributed by atoms with Crippen LogP contribution in [0.3, 0.4) is 0 Å². The van der Waals surface area contributed by atoms with Gasteiger partial charge in [-0.3, -0.25) is 0 Å². The van der Waals surface area contributed by atoms with E-state index in [1.807, 2.05) is 0 Å². The number of nitrogens with zero attached hydrogens (tertiary/aromatic N) is 3. The van der Waals surface area contributed by atoms with Crippen LogP contribution in [0.25, 0.3) is 22.3 Å². The van der Waals surface area contributed by atoms with Gasteiger partial charge in [0, 0.05) is 47.5 Å². The first-order valence-electron chi connectivity index (χ1n) is 19.9. The molecule has 2 aromatic heterocycles. The molecule has 0 spiro atoms. The van der Waals surface area contributed by atoms with Crippen molar-refractivity contribution in [1.82, 2.24) is 9.55 Å². The van der Waals surface area contributed by atoms with E-state index in [1.165, 1.54) is 22.3 Å². The number of H-pyrrole nitrogens is 1. The Bertz CT molecular complexity index is 3190. The molecule has 0 atom stereocenters. The normalized spacial score (nSPS) is 15.1. The lowest BCUT2D eigenvalue weighted by molar-refractivity contribution is -0.431. The Morgan fingerprint density at radius 1 is 0.597 bits per heavy atom. The van der Waals surface area contributed by atoms with Gasteiger partial charge in [0.15, 0.2) is 10.1 Å². The Labute approximate surface area is 358 Å². The van der Waals surface area contributed by atoms with Gasteiger partial charge < -0.3 is 14.1 Å². The number of fused-ring (bicyclic) bond motifs is 6. The van der Waals surface area contributed by atoms with Crippen molar-refractivity contribution >= 4 is 43.8 Å². The second-order valence-corrected chi connectivity index (χ2v) is 17.1. The number of aliphatic imine (C=N–C) groups is 1. The largest absolute Gasteiger partial charge is 0.741 e. The third-order valence-corrected chi connectivity index (χ3v) is 11.8. The predicted octanol–water partition coefficient (Wildman–Crippen LogP) is 8.93. The molecule has 0 saturated carbocycles. The molecule has 7 nitrogen and oxygen atoms in total. The van der Waals surface area contributed by atoms with Gasteiger partial charge in [-0.15, -0.1) is 0 Å². The maximum absolute atomic E-state index is 10.7. The van der Waals surface area contributed by atoms with Gasteiger partial charge in [-0.2, -0.15) is 17.7 Å². The van der Waals surface area contributed by atoms with Crippen LogP contribution in [0.15, 0.2) is 162 Å². The molecule has 6 aromatic rings. The molecule has 62 heavy (non-hydrogen) atoms. The van der Waals surface area contributed by atoms with Crippen molar-refractivity contribution in [2.24, 2.45) is 12.0 Å². The number of hydrogen-bond donors (Lipinski definition) is 1. The number of hydrogen-bond acceptors (Lipinski definition) is 4. The highest BCUT2D eigenvalue weighted by Gasteiger charge is 2.37. The highest BCUT2D eigenvalue weighted by molar-refractivity contribution is 7.86. The van der Waals surface area contributed by atoms with E-state index in [4.69, 9.17) is 18.0 Å². The van der Waals surface area contributed by atoms with Crippen molar-refractivity contribution < 1.29 is 30.7 Å². The standard InChI is InChI=1S/C50H42N4.CHF3O3S/c1-31-7-15-35(16-8-31)47-39-29-46(53(5)30-39)50(38-21-13-34(4)14-22-38)43-26-25-42(52-43)49(37-19-11-33(3)12-20-37)45-28-27-44(54(45)6)48(41-24-23-40(47)51-41)36-17-9-32(2)10-18-36;2-1(3,4)8(5,6)7/h7-30H,1-6H3;(H,5,6,7). The van der Waals surface area contributed by atoms with Gasteiger partial charge in [-0.1, -0.05) is 119 Å². The first-order valence-corrected chi connectivity index (χ1v) is 21.3. The van der Waals surface area contributed by atoms with Crippen molar-refractivity contribution in [1.29, 1.82) is 0 Å². The predicted molar refractivity (Wildman–Crippen MR) is 240 cm³/mol. The van der Waals surface area contributed by atoms with Crippen molar-refractivity contribution in [3.8, 4) is 0 Å². The maximum Gasteiger partial charge on any atom is 0.485 e. The summed E-state index contributed by atoms with van der Waals surface area (Å²) >= 11 is 0. The molecule has 1 N–H and O–H groups in total. The molecule has 3 aliphatic rings. The van der Waals surface area contributed by atoms with Crippen molar-refractivity contribution in [3.05, 3.63) is 224 Å². The second kappa shape index (κ2) is 16.2. The molecular weight excluding hydrogens is 806 g/mol. The van der Waals surface area contributed by atoms with E-state index < -0.39 is 15.6 Å². The molecule has 11 heteroatoms. The summed E-state index contributed by atoms with van der Waals surface area (Å²) in [4.78, 5) is 9.46. The van der Waals surface area contributed by atoms with Crippen molar-refractivity contribution in [2.45, 2.75) is 33.2 Å². The third kappa shape index (κ3) is 8.16. The van der Waals surface area contributed by atoms with E-state index in [0.717, 1.165) is 89.3 Å². The van der Waals surface area contributed by atoms with Gasteiger partial charge in [0.1, 0.15) is 7.05 Å². The molecule has 3 aliphatic heterocycles. The van der Waals surface area contributed by atoms with Crippen molar-refractivity contribution in [2.75, 3.05) is 7.05 Å². The minimum atomic E-state index is -6.09. The summed E-state index contributed by atoms with van der Waals surface area (Å²) in [5.41, 5.74) is 14.7. The Hall–Kier alpha value is -6.82. The lowest BCUT2D eigenvalue weighted by Gasteiger charge is -2.13. The number of benzene rings is 4. The summed E-state index contributed by atoms with van der Waals surface area (Å²) in [5, 5.41) is 2.13. The smallest absolute Gasteiger partial charge is 0.485 e. The van der Waals surface area contributed by atoms with Gasteiger partial charge in [0.2, 0.25) is 11.4 Å². The average molecular weight is 849 g/mol. The number of rotatable bonds is 4. The van der Waals surface area contributed by atoms with E-state index in [2.05, 4.69) is 202 Å². The Balaban J connectivity index is 0.000000604. The van der Waals surface area contributed by atoms with Crippen LogP contribution in [-0.2, 0) is 17.2 Å². The highest BCUT2D eigenvalue weighted by atomic mass is 32.2. The number of nitrogens with one attached hydrogen (secondary N) is 1. The molecule has 0 saturated heterocycles. The van der Waals surface area contributed by atoms with Crippen LogP contribution in [0.1, 0.15) is 55.8 Å². The second-order valence-electron chi connectivity index (χ2n) is 15.8. The lowest BCUT2D eigenvalue weighted by atomic mass is 9.96. The molecule has 312 valence electrons. The molecular formula is C51H43F3N4O3S. The fourth-order valence-corrected chi connectivity index (χ4v) is 7.94. The quantitative estimate of drug-likeness (QED) is 0.109. The monoisotopic (exact) mass is 848 g/mol. The van der Waals surface area contributed by atoms with Crippen LogP contribution in [0.4, 0.5) is 13.2 Å². The zero-order valence-electron chi connectivity index (χ0n) is 35.0. The Morgan fingerprint density at radius 2 is 1.03 bits per heavy atom. The zero-order chi connectivity index (χ0) is 44.1. The molecule has 8 bridgehead atoms. The average Bonchev–Trinajstić information content (AvgIpc) is 4.04. The van der Waals surface area contributed by atoms with Gasteiger partial charge in [-0.05, 0) is 80.3 Å². The first kappa shape index (κ1) is 41.9. The van der Waals surface area contributed by atoms with Crippen LogP contribution < -0.4 is 10.7 Å². The minimum Gasteiger partial charge on any atom is -0.741 e. The van der Waals surface area contributed by atoms with E-state index >= 15 is 0 Å². The van der Waals surface area contributed by atoms with E-state index in [-0.39, 0.29) is 0 Å². The third-order valence-electron chi connectivity index (χ3n) is 11.2. The zero-order valence-corrected chi connectivity index (χ0v) is 35.8. The summed E-state index contributed by atoms with van der Waals surface area (Å²) in [7, 11) is -1.76. The minimum absolute atomic E-state index is 0.943. The molecule has 0 unspecified atom stereocenters. The fraction of sp³-hybridized carbons (Fsp3) is 0.137. The van der Waals surface area contributed by atoms with E-state index in [9.17, 15) is 13.2 Å². The number of aromatic nitrogens is 2. The molecule has 9 rings (SSSR count). The Kier molecular flexibility index (Phi) is 11.0. The van der Waals surface area contributed by atoms with Crippen LogP contribution in [0.2, 0.25) is 0 Å². The Morgan fingerprint density at radius 3 is 1.52 bits per heavy atom. The summed E-state index contributed by atoms with van der Waals surface area (Å²) in [5.74, 6) is 0. The van der Waals surface area contributed by atoms with E-state index in [0.29, 0.717) is 0 Å². The topological polar surface area (TPSA) is 93.3 Å². The summed E-state index contributed by atoms with van der Waals surface area (Å²) in [6.45, 7) is 8.56. The summed E-state index contributed by atoms with van der Waals surface area (Å²) in [6, 6.07) is 42.2. The van der Waals surface area contributed by atoms with Gasteiger partial charge in [-0.25, -0.2) is 13.4 Å².